The maximum atomic E-state index is 14.1. The number of ether oxygens (including phenoxy) is 1. The lowest BCUT2D eigenvalue weighted by Gasteiger charge is -2.29. The highest BCUT2D eigenvalue weighted by atomic mass is 32.2. The molecule has 1 fully saturated rings. The molecule has 0 radical (unpaired) electrons. The minimum Gasteiger partial charge on any atom is -0.390 e. The number of hydrogen-bond donors (Lipinski definition) is 4. The smallest absolute Gasteiger partial charge is 0.268 e. The summed E-state index contributed by atoms with van der Waals surface area (Å²) in [6.45, 7) is 6.29. The van der Waals surface area contributed by atoms with Crippen molar-refractivity contribution in [2.24, 2.45) is 0 Å². The number of carbonyl (C=O) groups is 1. The second-order valence-electron chi connectivity index (χ2n) is 10.8. The van der Waals surface area contributed by atoms with Crippen LogP contribution in [-0.2, 0) is 17.6 Å². The summed E-state index contributed by atoms with van der Waals surface area (Å²) in [5.74, 6) is 0.750. The number of aryl methyl sites for hydroxylation is 1. The minimum atomic E-state index is -0.726. The van der Waals surface area contributed by atoms with Gasteiger partial charge in [0.15, 0.2) is 0 Å². The second kappa shape index (κ2) is 13.2. The van der Waals surface area contributed by atoms with Crippen molar-refractivity contribution in [1.29, 1.82) is 0 Å². The molecule has 3 aromatic rings. The Morgan fingerprint density at radius 2 is 1.97 bits per heavy atom. The van der Waals surface area contributed by atoms with E-state index in [1.807, 2.05) is 18.2 Å². The van der Waals surface area contributed by atoms with Crippen molar-refractivity contribution in [2.75, 3.05) is 30.2 Å². The summed E-state index contributed by atoms with van der Waals surface area (Å²) in [5.41, 5.74) is 5.21. The van der Waals surface area contributed by atoms with Gasteiger partial charge in [-0.1, -0.05) is 68.6 Å². The molecule has 3 heterocycles. The van der Waals surface area contributed by atoms with Crippen LogP contribution in [0.3, 0.4) is 0 Å². The highest BCUT2D eigenvalue weighted by Crippen LogP contribution is 2.39. The maximum absolute atomic E-state index is 14.1. The van der Waals surface area contributed by atoms with Crippen LogP contribution in [0.2, 0.25) is 0 Å². The number of aliphatic hydroxyl groups excluding tert-OH is 1. The Morgan fingerprint density at radius 3 is 2.72 bits per heavy atom. The molecule has 39 heavy (non-hydrogen) atoms. The number of aliphatic hydroxyl groups is 1. The lowest BCUT2D eigenvalue weighted by Crippen LogP contribution is -2.51. The van der Waals surface area contributed by atoms with Crippen molar-refractivity contribution < 1.29 is 14.6 Å². The first-order chi connectivity index (χ1) is 19.1. The van der Waals surface area contributed by atoms with Crippen molar-refractivity contribution in [3.63, 3.8) is 0 Å². The van der Waals surface area contributed by atoms with Gasteiger partial charge in [-0.3, -0.25) is 4.79 Å². The van der Waals surface area contributed by atoms with E-state index in [0.717, 1.165) is 73.2 Å². The molecule has 1 aromatic heterocycles. The van der Waals surface area contributed by atoms with Gasteiger partial charge in [0.05, 0.1) is 23.3 Å². The van der Waals surface area contributed by atoms with E-state index >= 15 is 0 Å². The summed E-state index contributed by atoms with van der Waals surface area (Å²) in [4.78, 5) is 14.1. The normalized spacial score (nSPS) is 19.3. The van der Waals surface area contributed by atoms with E-state index in [0.29, 0.717) is 24.7 Å². The largest absolute Gasteiger partial charge is 0.390 e. The Labute approximate surface area is 236 Å². The van der Waals surface area contributed by atoms with Crippen LogP contribution in [0, 0.1) is 0 Å². The molecule has 0 spiro atoms. The molecule has 5 rings (SSSR count). The van der Waals surface area contributed by atoms with Crippen LogP contribution in [0.25, 0.3) is 10.9 Å². The van der Waals surface area contributed by atoms with E-state index in [-0.39, 0.29) is 11.9 Å². The van der Waals surface area contributed by atoms with Gasteiger partial charge in [-0.15, -0.1) is 0 Å². The minimum absolute atomic E-state index is 0.129. The first kappa shape index (κ1) is 28.0. The Balaban J connectivity index is 1.45. The Morgan fingerprint density at radius 1 is 1.18 bits per heavy atom. The van der Waals surface area contributed by atoms with Crippen LogP contribution in [0.1, 0.15) is 67.2 Å². The number of aromatic nitrogens is 1. The molecule has 210 valence electrons. The van der Waals surface area contributed by atoms with Crippen molar-refractivity contribution >= 4 is 34.4 Å². The van der Waals surface area contributed by atoms with Crippen LogP contribution in [0.4, 0.5) is 5.69 Å². The molecule has 1 saturated heterocycles. The van der Waals surface area contributed by atoms with E-state index in [1.165, 1.54) is 5.56 Å². The van der Waals surface area contributed by atoms with Gasteiger partial charge >= 0.3 is 0 Å². The first-order valence-corrected chi connectivity index (χ1v) is 15.5. The van der Waals surface area contributed by atoms with Crippen LogP contribution in [0.5, 0.6) is 0 Å². The molecule has 0 bridgehead atoms. The molecular formula is C31H42N4O3S. The fourth-order valence-corrected chi connectivity index (χ4v) is 6.82. The molecule has 7 nitrogen and oxygen atoms in total. The Bertz CT molecular complexity index is 1240. The zero-order chi connectivity index (χ0) is 27.2. The van der Waals surface area contributed by atoms with Gasteiger partial charge in [0.25, 0.3) is 5.91 Å². The number of rotatable bonds is 11. The van der Waals surface area contributed by atoms with Crippen molar-refractivity contribution in [3.05, 3.63) is 65.4 Å². The highest BCUT2D eigenvalue weighted by molar-refractivity contribution is 8.00. The quantitative estimate of drug-likeness (QED) is 0.249. The average Bonchev–Trinajstić information content (AvgIpc) is 3.27. The van der Waals surface area contributed by atoms with Gasteiger partial charge in [0.2, 0.25) is 0 Å². The number of nitrogens with one attached hydrogen (secondary N) is 3. The molecule has 2 aliphatic heterocycles. The molecule has 2 aromatic carbocycles. The summed E-state index contributed by atoms with van der Waals surface area (Å²) in [5, 5.41) is 19.3. The SMILES string of the molecule is CCCc1ccc2c3c1cc(C(=O)N[C@@H](Cc1ccccc1)[C@H](O)CNC1CCOCC1)n3C(CC)CSN2. The molecule has 1 amide bonds. The van der Waals surface area contributed by atoms with Gasteiger partial charge in [0.1, 0.15) is 5.69 Å². The Hall–Kier alpha value is -2.52. The predicted octanol–water partition coefficient (Wildman–Crippen LogP) is 5.09. The third-order valence-electron chi connectivity index (χ3n) is 8.05. The number of amides is 1. The van der Waals surface area contributed by atoms with E-state index in [1.54, 1.807) is 11.9 Å². The molecule has 8 heteroatoms. The maximum Gasteiger partial charge on any atom is 0.268 e. The predicted molar refractivity (Wildman–Crippen MR) is 161 cm³/mol. The number of nitrogens with zero attached hydrogens (tertiary/aromatic N) is 1. The first-order valence-electron chi connectivity index (χ1n) is 14.5. The van der Waals surface area contributed by atoms with Crippen molar-refractivity contribution in [3.8, 4) is 0 Å². The van der Waals surface area contributed by atoms with E-state index in [2.05, 4.69) is 64.1 Å². The van der Waals surface area contributed by atoms with Crippen LogP contribution < -0.4 is 15.4 Å². The van der Waals surface area contributed by atoms with Gasteiger partial charge in [-0.25, -0.2) is 0 Å². The lowest BCUT2D eigenvalue weighted by atomic mass is 10.00. The monoisotopic (exact) mass is 550 g/mol. The summed E-state index contributed by atoms with van der Waals surface area (Å²) in [6, 6.07) is 16.6. The lowest BCUT2D eigenvalue weighted by molar-refractivity contribution is 0.0655. The Kier molecular flexibility index (Phi) is 9.50. The van der Waals surface area contributed by atoms with Crippen LogP contribution in [0.15, 0.2) is 48.5 Å². The summed E-state index contributed by atoms with van der Waals surface area (Å²) in [6.07, 6.45) is 4.66. The van der Waals surface area contributed by atoms with Gasteiger partial charge in [0, 0.05) is 43.0 Å². The van der Waals surface area contributed by atoms with Crippen molar-refractivity contribution in [2.45, 2.75) is 76.6 Å². The molecule has 4 N–H and O–H groups in total. The van der Waals surface area contributed by atoms with E-state index < -0.39 is 12.1 Å². The molecular weight excluding hydrogens is 508 g/mol. The van der Waals surface area contributed by atoms with Crippen LogP contribution >= 0.6 is 11.9 Å². The van der Waals surface area contributed by atoms with Gasteiger partial charge in [-0.05, 0) is 55.4 Å². The van der Waals surface area contributed by atoms with Crippen molar-refractivity contribution in [1.82, 2.24) is 15.2 Å². The molecule has 3 atom stereocenters. The highest BCUT2D eigenvalue weighted by Gasteiger charge is 2.29. The average molecular weight is 551 g/mol. The second-order valence-corrected chi connectivity index (χ2v) is 11.6. The van der Waals surface area contributed by atoms with Gasteiger partial charge < -0.3 is 29.8 Å². The van der Waals surface area contributed by atoms with E-state index in [4.69, 9.17) is 4.74 Å². The summed E-state index contributed by atoms with van der Waals surface area (Å²) < 4.78 is 11.2. The number of carbonyl (C=O) groups excluding carboxylic acids is 1. The molecule has 1 unspecified atom stereocenters. The van der Waals surface area contributed by atoms with Gasteiger partial charge in [-0.2, -0.15) is 0 Å². The summed E-state index contributed by atoms with van der Waals surface area (Å²) in [7, 11) is 0. The number of hydrogen-bond acceptors (Lipinski definition) is 6. The summed E-state index contributed by atoms with van der Waals surface area (Å²) >= 11 is 1.70. The third-order valence-corrected chi connectivity index (χ3v) is 8.97. The van der Waals surface area contributed by atoms with Crippen LogP contribution in [-0.4, -0.2) is 59.3 Å². The molecule has 0 saturated carbocycles. The zero-order valence-electron chi connectivity index (χ0n) is 23.1. The zero-order valence-corrected chi connectivity index (χ0v) is 23.9. The molecule has 0 aliphatic carbocycles. The fraction of sp³-hybridized carbons (Fsp3) is 0.516. The van der Waals surface area contributed by atoms with E-state index in [9.17, 15) is 9.90 Å². The number of anilines is 1. The topological polar surface area (TPSA) is 87.6 Å². The fourth-order valence-electron chi connectivity index (χ4n) is 5.84. The number of benzene rings is 2. The standard InChI is InChI=1S/C31H42N4O3S/c1-3-8-22-11-12-26-30-25(22)18-28(35(30)24(4-2)20-39-34-26)31(37)33-27(17-21-9-6-5-7-10-21)29(36)19-32-23-13-15-38-16-14-23/h5-7,9-12,18,23-24,27,29,32,34,36H,3-4,8,13-17,19-20H2,1-2H3,(H,33,37)/t24?,27-,29+/m0/s1. The third kappa shape index (κ3) is 6.46. The molecule has 2 aliphatic rings.